The molecule has 0 bridgehead atoms. The van der Waals surface area contributed by atoms with Crippen molar-refractivity contribution in [3.05, 3.63) is 23.8 Å². The maximum absolute atomic E-state index is 11.8. The van der Waals surface area contributed by atoms with Gasteiger partial charge in [0.15, 0.2) is 5.78 Å². The average Bonchev–Trinajstić information content (AvgIpc) is 2.34. The molecule has 0 aliphatic carbocycles. The van der Waals surface area contributed by atoms with E-state index in [0.29, 0.717) is 22.6 Å². The molecule has 1 aliphatic heterocycles. The molecule has 17 heavy (non-hydrogen) atoms. The van der Waals surface area contributed by atoms with Gasteiger partial charge < -0.3 is 4.90 Å². The summed E-state index contributed by atoms with van der Waals surface area (Å²) in [5.74, 6) is -0.146. The van der Waals surface area contributed by atoms with Crippen molar-refractivity contribution in [2.75, 3.05) is 17.7 Å². The fourth-order valence-corrected chi connectivity index (χ4v) is 2.99. The molecule has 0 saturated carbocycles. The van der Waals surface area contributed by atoms with E-state index in [1.54, 1.807) is 32.2 Å². The van der Waals surface area contributed by atoms with Gasteiger partial charge in [0.05, 0.1) is 21.4 Å². The van der Waals surface area contributed by atoms with Gasteiger partial charge in [-0.2, -0.15) is 0 Å². The fourth-order valence-electron chi connectivity index (χ4n) is 1.77. The summed E-state index contributed by atoms with van der Waals surface area (Å²) in [5.41, 5.74) is 1.14. The van der Waals surface area contributed by atoms with Crippen molar-refractivity contribution in [1.82, 2.24) is 0 Å². The first-order chi connectivity index (χ1) is 8.04. The zero-order valence-electron chi connectivity index (χ0n) is 9.73. The van der Waals surface area contributed by atoms with Crippen molar-refractivity contribution in [2.45, 2.75) is 18.2 Å². The molecule has 0 fully saturated rings. The molecular weight excluding hydrogens is 238 g/mol. The first-order valence-electron chi connectivity index (χ1n) is 5.36. The SMILES string of the molecule is CCC(=O)c1ccc2c(c1)N(C)C(=O)CS2=O. The molecule has 1 atom stereocenters. The van der Waals surface area contributed by atoms with Crippen LogP contribution in [-0.4, -0.2) is 28.7 Å². The number of amides is 1. The molecule has 5 heteroatoms. The van der Waals surface area contributed by atoms with E-state index >= 15 is 0 Å². The summed E-state index contributed by atoms with van der Waals surface area (Å²) in [7, 11) is 0.345. The summed E-state index contributed by atoms with van der Waals surface area (Å²) in [4.78, 5) is 25.2. The van der Waals surface area contributed by atoms with E-state index in [9.17, 15) is 13.8 Å². The van der Waals surface area contributed by atoms with Crippen LogP contribution in [0.1, 0.15) is 23.7 Å². The number of carbonyl (C=O) groups excluding carboxylic acids is 2. The van der Waals surface area contributed by atoms with Crippen LogP contribution < -0.4 is 4.90 Å². The second kappa shape index (κ2) is 4.41. The molecule has 0 spiro atoms. The van der Waals surface area contributed by atoms with E-state index in [1.807, 2.05) is 0 Å². The second-order valence-corrected chi connectivity index (χ2v) is 5.32. The van der Waals surface area contributed by atoms with Gasteiger partial charge in [-0.25, -0.2) is 0 Å². The Hall–Kier alpha value is -1.49. The summed E-state index contributed by atoms with van der Waals surface area (Å²) in [6, 6.07) is 5.00. The Morgan fingerprint density at radius 1 is 1.47 bits per heavy atom. The second-order valence-electron chi connectivity index (χ2n) is 3.90. The Kier molecular flexibility index (Phi) is 3.11. The first kappa shape index (κ1) is 12.0. The van der Waals surface area contributed by atoms with Crippen molar-refractivity contribution in [3.8, 4) is 0 Å². The molecule has 0 radical (unpaired) electrons. The van der Waals surface area contributed by atoms with Gasteiger partial charge in [0.1, 0.15) is 5.75 Å². The topological polar surface area (TPSA) is 54.5 Å². The molecule has 0 N–H and O–H groups in total. The lowest BCUT2D eigenvalue weighted by Crippen LogP contribution is -2.35. The van der Waals surface area contributed by atoms with Crippen molar-refractivity contribution in [3.63, 3.8) is 0 Å². The van der Waals surface area contributed by atoms with Crippen molar-refractivity contribution < 1.29 is 13.8 Å². The van der Waals surface area contributed by atoms with Crippen LogP contribution in [-0.2, 0) is 15.6 Å². The van der Waals surface area contributed by atoms with Crippen molar-refractivity contribution in [1.29, 1.82) is 0 Å². The minimum atomic E-state index is -1.29. The number of rotatable bonds is 2. The molecule has 0 aromatic heterocycles. The molecule has 1 heterocycles. The molecule has 0 saturated heterocycles. The van der Waals surface area contributed by atoms with Crippen LogP contribution in [0, 0.1) is 0 Å². The lowest BCUT2D eigenvalue weighted by molar-refractivity contribution is -0.116. The number of nitrogens with zero attached hydrogens (tertiary/aromatic N) is 1. The van der Waals surface area contributed by atoms with Gasteiger partial charge in [-0.1, -0.05) is 13.0 Å². The molecule has 4 nitrogen and oxygen atoms in total. The van der Waals surface area contributed by atoms with Crippen LogP contribution in [0.15, 0.2) is 23.1 Å². The summed E-state index contributed by atoms with van der Waals surface area (Å²) in [5, 5.41) is 0. The van der Waals surface area contributed by atoms with Crippen LogP contribution in [0.2, 0.25) is 0 Å². The Labute approximate surface area is 102 Å². The number of benzene rings is 1. The van der Waals surface area contributed by atoms with Crippen molar-refractivity contribution >= 4 is 28.2 Å². The highest BCUT2D eigenvalue weighted by Crippen LogP contribution is 2.29. The third-order valence-electron chi connectivity index (χ3n) is 2.84. The maximum Gasteiger partial charge on any atom is 0.239 e. The molecule has 1 unspecified atom stereocenters. The number of hydrogen-bond donors (Lipinski definition) is 0. The van der Waals surface area contributed by atoms with E-state index in [4.69, 9.17) is 0 Å². The van der Waals surface area contributed by atoms with Crippen molar-refractivity contribution in [2.24, 2.45) is 0 Å². The molecule has 1 aliphatic rings. The van der Waals surface area contributed by atoms with Gasteiger partial charge in [-0.15, -0.1) is 0 Å². The number of hydrogen-bond acceptors (Lipinski definition) is 3. The average molecular weight is 251 g/mol. The van der Waals surface area contributed by atoms with Crippen LogP contribution in [0.5, 0.6) is 0 Å². The quantitative estimate of drug-likeness (QED) is 0.746. The van der Waals surface area contributed by atoms with E-state index in [-0.39, 0.29) is 17.4 Å². The highest BCUT2D eigenvalue weighted by molar-refractivity contribution is 7.86. The predicted octanol–water partition coefficient (Wildman–Crippen LogP) is 1.36. The predicted molar refractivity (Wildman–Crippen MR) is 65.7 cm³/mol. The molecule has 2 rings (SSSR count). The van der Waals surface area contributed by atoms with Gasteiger partial charge in [0, 0.05) is 19.0 Å². The smallest absolute Gasteiger partial charge is 0.239 e. The zero-order valence-corrected chi connectivity index (χ0v) is 10.5. The van der Waals surface area contributed by atoms with Gasteiger partial charge in [0.25, 0.3) is 0 Å². The largest absolute Gasteiger partial charge is 0.313 e. The summed E-state index contributed by atoms with van der Waals surface area (Å²) >= 11 is 0. The highest BCUT2D eigenvalue weighted by Gasteiger charge is 2.26. The third kappa shape index (κ3) is 2.02. The Morgan fingerprint density at radius 2 is 2.18 bits per heavy atom. The standard InChI is InChI=1S/C12H13NO3S/c1-3-10(14)8-4-5-11-9(6-8)13(2)12(15)7-17(11)16/h4-6H,3,7H2,1-2H3. The summed E-state index contributed by atoms with van der Waals surface area (Å²) < 4.78 is 11.8. The molecule has 1 aromatic carbocycles. The minimum Gasteiger partial charge on any atom is -0.313 e. The van der Waals surface area contributed by atoms with Crippen LogP contribution in [0.3, 0.4) is 0 Å². The number of Topliss-reactive ketones (excluding diaryl/α,β-unsaturated/α-hetero) is 1. The van der Waals surface area contributed by atoms with Crippen LogP contribution in [0.4, 0.5) is 5.69 Å². The van der Waals surface area contributed by atoms with Gasteiger partial charge >= 0.3 is 0 Å². The zero-order chi connectivity index (χ0) is 12.6. The van der Waals surface area contributed by atoms with E-state index < -0.39 is 10.8 Å². The van der Waals surface area contributed by atoms with Crippen LogP contribution in [0.25, 0.3) is 0 Å². The lowest BCUT2D eigenvalue weighted by Gasteiger charge is -2.25. The number of anilines is 1. The Bertz CT molecular complexity index is 524. The van der Waals surface area contributed by atoms with Crippen LogP contribution >= 0.6 is 0 Å². The summed E-state index contributed by atoms with van der Waals surface area (Å²) in [6.07, 6.45) is 0.416. The minimum absolute atomic E-state index is 0.0184. The van der Waals surface area contributed by atoms with Gasteiger partial charge in [0.2, 0.25) is 5.91 Å². The lowest BCUT2D eigenvalue weighted by atomic mass is 10.1. The molecule has 90 valence electrons. The summed E-state index contributed by atoms with van der Waals surface area (Å²) in [6.45, 7) is 1.79. The first-order valence-corrected chi connectivity index (χ1v) is 6.68. The third-order valence-corrected chi connectivity index (χ3v) is 4.18. The fraction of sp³-hybridized carbons (Fsp3) is 0.333. The molecule has 1 amide bonds. The highest BCUT2D eigenvalue weighted by atomic mass is 32.2. The monoisotopic (exact) mass is 251 g/mol. The van der Waals surface area contributed by atoms with E-state index in [2.05, 4.69) is 0 Å². The Balaban J connectivity index is 2.53. The van der Waals surface area contributed by atoms with Gasteiger partial charge in [-0.05, 0) is 12.1 Å². The number of ketones is 1. The molecular formula is C12H13NO3S. The Morgan fingerprint density at radius 3 is 2.82 bits per heavy atom. The maximum atomic E-state index is 11.8. The van der Waals surface area contributed by atoms with E-state index in [0.717, 1.165) is 0 Å². The molecule has 1 aromatic rings. The van der Waals surface area contributed by atoms with Gasteiger partial charge in [-0.3, -0.25) is 13.8 Å². The number of fused-ring (bicyclic) bond motifs is 1. The normalized spacial score (nSPS) is 19.1. The number of carbonyl (C=O) groups is 2. The van der Waals surface area contributed by atoms with E-state index in [1.165, 1.54) is 4.90 Å².